The molecular weight excluding hydrogens is 226 g/mol. The van der Waals surface area contributed by atoms with Crippen molar-refractivity contribution in [2.45, 2.75) is 27.2 Å². The lowest BCUT2D eigenvalue weighted by molar-refractivity contribution is -0.117. The molecule has 0 bridgehead atoms. The summed E-state index contributed by atoms with van der Waals surface area (Å²) in [5.41, 5.74) is 2.36. The van der Waals surface area contributed by atoms with Crippen LogP contribution in [0.3, 0.4) is 0 Å². The van der Waals surface area contributed by atoms with Crippen LogP contribution in [0.4, 0.5) is 5.69 Å². The number of anilines is 1. The molecule has 4 nitrogen and oxygen atoms in total. The number of rotatable bonds is 2. The summed E-state index contributed by atoms with van der Waals surface area (Å²) in [6, 6.07) is 5.54. The highest BCUT2D eigenvalue weighted by Crippen LogP contribution is 2.20. The number of fused-ring (bicyclic) bond motifs is 1. The van der Waals surface area contributed by atoms with Crippen molar-refractivity contribution in [3.63, 3.8) is 0 Å². The minimum atomic E-state index is -0.0132. The monoisotopic (exact) mass is 243 g/mol. The Labute approximate surface area is 106 Å². The van der Waals surface area contributed by atoms with E-state index in [1.807, 2.05) is 39.0 Å². The first-order valence-corrected chi connectivity index (χ1v) is 5.95. The van der Waals surface area contributed by atoms with Gasteiger partial charge in [-0.1, -0.05) is 20.8 Å². The highest BCUT2D eigenvalue weighted by atomic mass is 16.1. The summed E-state index contributed by atoms with van der Waals surface area (Å²) in [6.45, 7) is 6.12. The Hall–Kier alpha value is -1.97. The lowest BCUT2D eigenvalue weighted by atomic mass is 9.92. The fourth-order valence-electron chi connectivity index (χ4n) is 1.73. The van der Waals surface area contributed by atoms with Crippen LogP contribution in [0, 0.1) is 5.41 Å². The second kappa shape index (κ2) is 4.72. The Morgan fingerprint density at radius 3 is 2.50 bits per heavy atom. The van der Waals surface area contributed by atoms with Crippen LogP contribution in [0.25, 0.3) is 11.0 Å². The lowest BCUT2D eigenvalue weighted by Crippen LogP contribution is -2.19. The molecule has 2 aromatic rings. The van der Waals surface area contributed by atoms with E-state index in [9.17, 15) is 4.79 Å². The number of benzene rings is 1. The molecule has 18 heavy (non-hydrogen) atoms. The highest BCUT2D eigenvalue weighted by molar-refractivity contribution is 5.93. The molecule has 0 fully saturated rings. The zero-order valence-corrected chi connectivity index (χ0v) is 10.9. The smallest absolute Gasteiger partial charge is 0.224 e. The van der Waals surface area contributed by atoms with E-state index in [0.29, 0.717) is 6.42 Å². The molecule has 1 aromatic heterocycles. The summed E-state index contributed by atoms with van der Waals surface area (Å²) in [5.74, 6) is 0.0192. The molecule has 0 saturated heterocycles. The summed E-state index contributed by atoms with van der Waals surface area (Å²) >= 11 is 0. The van der Waals surface area contributed by atoms with Gasteiger partial charge >= 0.3 is 0 Å². The number of aromatic nitrogens is 2. The number of carbonyl (C=O) groups is 1. The van der Waals surface area contributed by atoms with Crippen LogP contribution in [-0.2, 0) is 4.79 Å². The third-order valence-corrected chi connectivity index (χ3v) is 2.44. The van der Waals surface area contributed by atoms with Gasteiger partial charge in [-0.3, -0.25) is 14.8 Å². The first kappa shape index (κ1) is 12.5. The zero-order chi connectivity index (χ0) is 13.2. The van der Waals surface area contributed by atoms with E-state index in [1.165, 1.54) is 0 Å². The number of hydrogen-bond donors (Lipinski definition) is 1. The maximum Gasteiger partial charge on any atom is 0.224 e. The molecule has 0 aliphatic carbocycles. The molecule has 0 atom stereocenters. The second-order valence-electron chi connectivity index (χ2n) is 5.55. The van der Waals surface area contributed by atoms with Gasteiger partial charge in [0, 0.05) is 24.5 Å². The maximum atomic E-state index is 11.8. The van der Waals surface area contributed by atoms with Gasteiger partial charge in [-0.05, 0) is 23.6 Å². The average Bonchev–Trinajstić information content (AvgIpc) is 2.26. The third kappa shape index (κ3) is 3.26. The van der Waals surface area contributed by atoms with Crippen molar-refractivity contribution >= 4 is 22.6 Å². The fourth-order valence-corrected chi connectivity index (χ4v) is 1.73. The molecule has 0 unspecified atom stereocenters. The van der Waals surface area contributed by atoms with E-state index in [0.717, 1.165) is 16.7 Å². The number of hydrogen-bond acceptors (Lipinski definition) is 3. The number of amides is 1. The van der Waals surface area contributed by atoms with Crippen LogP contribution in [0.2, 0.25) is 0 Å². The first-order chi connectivity index (χ1) is 8.44. The van der Waals surface area contributed by atoms with Gasteiger partial charge < -0.3 is 5.32 Å². The molecule has 94 valence electrons. The average molecular weight is 243 g/mol. The quantitative estimate of drug-likeness (QED) is 0.882. The molecular formula is C14H17N3O. The second-order valence-corrected chi connectivity index (χ2v) is 5.55. The molecule has 1 N–H and O–H groups in total. The molecule has 0 saturated carbocycles. The summed E-state index contributed by atoms with van der Waals surface area (Å²) in [6.07, 6.45) is 3.79. The molecule has 0 aliphatic heterocycles. The van der Waals surface area contributed by atoms with Crippen LogP contribution < -0.4 is 5.32 Å². The maximum absolute atomic E-state index is 11.8. The number of carbonyl (C=O) groups excluding carboxylic acids is 1. The van der Waals surface area contributed by atoms with Gasteiger partial charge in [-0.15, -0.1) is 0 Å². The molecule has 0 aliphatic rings. The van der Waals surface area contributed by atoms with Gasteiger partial charge in [0.15, 0.2) is 0 Å². The van der Waals surface area contributed by atoms with E-state index in [-0.39, 0.29) is 11.3 Å². The van der Waals surface area contributed by atoms with Gasteiger partial charge in [-0.25, -0.2) is 0 Å². The van der Waals surface area contributed by atoms with Crippen molar-refractivity contribution < 1.29 is 4.79 Å². The number of nitrogens with zero attached hydrogens (tertiary/aromatic N) is 2. The molecule has 4 heteroatoms. The Kier molecular flexibility index (Phi) is 3.28. The van der Waals surface area contributed by atoms with Crippen molar-refractivity contribution in [3.8, 4) is 0 Å². The number of nitrogens with one attached hydrogen (secondary N) is 1. The van der Waals surface area contributed by atoms with Gasteiger partial charge in [0.1, 0.15) is 0 Å². The predicted octanol–water partition coefficient (Wildman–Crippen LogP) is 3.00. The van der Waals surface area contributed by atoms with Crippen molar-refractivity contribution in [3.05, 3.63) is 30.6 Å². The Morgan fingerprint density at radius 2 is 1.83 bits per heavy atom. The first-order valence-electron chi connectivity index (χ1n) is 5.95. The molecule has 0 spiro atoms. The normalized spacial score (nSPS) is 11.5. The molecule has 1 heterocycles. The van der Waals surface area contributed by atoms with Crippen molar-refractivity contribution in [2.24, 2.45) is 5.41 Å². The molecule has 2 rings (SSSR count). The van der Waals surface area contributed by atoms with E-state index < -0.39 is 0 Å². The Bertz CT molecular complexity index is 573. The Balaban J connectivity index is 2.15. The van der Waals surface area contributed by atoms with Crippen molar-refractivity contribution in [2.75, 3.05) is 5.32 Å². The van der Waals surface area contributed by atoms with Gasteiger partial charge in [0.05, 0.1) is 11.0 Å². The van der Waals surface area contributed by atoms with Gasteiger partial charge in [0.2, 0.25) is 5.91 Å². The van der Waals surface area contributed by atoms with E-state index in [2.05, 4.69) is 15.3 Å². The van der Waals surface area contributed by atoms with E-state index in [4.69, 9.17) is 0 Å². The minimum absolute atomic E-state index is 0.0132. The topological polar surface area (TPSA) is 54.9 Å². The highest BCUT2D eigenvalue weighted by Gasteiger charge is 2.15. The SMILES string of the molecule is CC(C)(C)CC(=O)Nc1ccc2nccnc2c1. The fraction of sp³-hybridized carbons (Fsp3) is 0.357. The summed E-state index contributed by atoms with van der Waals surface area (Å²) in [5, 5.41) is 2.88. The van der Waals surface area contributed by atoms with Crippen molar-refractivity contribution in [1.82, 2.24) is 9.97 Å². The summed E-state index contributed by atoms with van der Waals surface area (Å²) in [7, 11) is 0. The van der Waals surface area contributed by atoms with Crippen LogP contribution >= 0.6 is 0 Å². The van der Waals surface area contributed by atoms with Crippen LogP contribution in [-0.4, -0.2) is 15.9 Å². The Morgan fingerprint density at radius 1 is 1.17 bits per heavy atom. The lowest BCUT2D eigenvalue weighted by Gasteiger charge is -2.17. The molecule has 1 aromatic carbocycles. The van der Waals surface area contributed by atoms with Gasteiger partial charge in [0.25, 0.3) is 0 Å². The molecule has 0 radical (unpaired) electrons. The van der Waals surface area contributed by atoms with Crippen molar-refractivity contribution in [1.29, 1.82) is 0 Å². The van der Waals surface area contributed by atoms with Crippen LogP contribution in [0.5, 0.6) is 0 Å². The minimum Gasteiger partial charge on any atom is -0.326 e. The largest absolute Gasteiger partial charge is 0.326 e. The summed E-state index contributed by atoms with van der Waals surface area (Å²) < 4.78 is 0. The summed E-state index contributed by atoms with van der Waals surface area (Å²) in [4.78, 5) is 20.2. The van der Waals surface area contributed by atoms with Crippen LogP contribution in [0.15, 0.2) is 30.6 Å². The third-order valence-electron chi connectivity index (χ3n) is 2.44. The predicted molar refractivity (Wildman–Crippen MR) is 72.2 cm³/mol. The van der Waals surface area contributed by atoms with Crippen LogP contribution in [0.1, 0.15) is 27.2 Å². The van der Waals surface area contributed by atoms with Gasteiger partial charge in [-0.2, -0.15) is 0 Å². The molecule has 1 amide bonds. The standard InChI is InChI=1S/C14H17N3O/c1-14(2,3)9-13(18)17-10-4-5-11-12(8-10)16-7-6-15-11/h4-8H,9H2,1-3H3,(H,17,18). The zero-order valence-electron chi connectivity index (χ0n) is 10.9. The van der Waals surface area contributed by atoms with E-state index in [1.54, 1.807) is 12.4 Å². The van der Waals surface area contributed by atoms with E-state index >= 15 is 0 Å².